The van der Waals surface area contributed by atoms with Crippen LogP contribution in [0, 0.1) is 0 Å². The monoisotopic (exact) mass is 324 g/mol. The Morgan fingerprint density at radius 2 is 1.78 bits per heavy atom. The third-order valence-corrected chi connectivity index (χ3v) is 3.14. The lowest BCUT2D eigenvalue weighted by molar-refractivity contribution is -0.137. The zero-order valence-electron chi connectivity index (χ0n) is 12.4. The summed E-state index contributed by atoms with van der Waals surface area (Å²) in [4.78, 5) is 15.8. The molecule has 1 aromatic carbocycles. The average molecular weight is 324 g/mol. The third kappa shape index (κ3) is 4.98. The summed E-state index contributed by atoms with van der Waals surface area (Å²) in [5, 5.41) is 2.69. The summed E-state index contributed by atoms with van der Waals surface area (Å²) in [7, 11) is 1.51. The fraction of sp³-hybridized carbons (Fsp3) is 0.250. The van der Waals surface area contributed by atoms with Crippen LogP contribution in [0.1, 0.15) is 16.7 Å². The maximum absolute atomic E-state index is 12.5. The zero-order valence-corrected chi connectivity index (χ0v) is 12.4. The van der Waals surface area contributed by atoms with Gasteiger partial charge in [-0.15, -0.1) is 0 Å². The number of amides is 1. The number of nitrogens with zero attached hydrogens (tertiary/aromatic N) is 1. The zero-order chi connectivity index (χ0) is 16.9. The number of pyridine rings is 1. The number of carbonyl (C=O) groups is 1. The van der Waals surface area contributed by atoms with Crippen LogP contribution in [0.2, 0.25) is 0 Å². The SMILES string of the molecule is COc1ccc(CNC(=O)Cc2ccc(C(F)(F)F)cc2)cn1. The summed E-state index contributed by atoms with van der Waals surface area (Å²) in [6.45, 7) is 0.288. The molecule has 2 aromatic rings. The van der Waals surface area contributed by atoms with Crippen LogP contribution in [0.4, 0.5) is 13.2 Å². The van der Waals surface area contributed by atoms with Gasteiger partial charge in [0.05, 0.1) is 19.1 Å². The first kappa shape index (κ1) is 16.8. The molecular formula is C16H15F3N2O2. The molecule has 1 heterocycles. The molecule has 0 bridgehead atoms. The van der Waals surface area contributed by atoms with Gasteiger partial charge in [-0.25, -0.2) is 4.98 Å². The van der Waals surface area contributed by atoms with Gasteiger partial charge >= 0.3 is 6.18 Å². The molecule has 0 saturated carbocycles. The topological polar surface area (TPSA) is 51.2 Å². The Bertz CT molecular complexity index is 653. The number of halogens is 3. The van der Waals surface area contributed by atoms with E-state index >= 15 is 0 Å². The maximum atomic E-state index is 12.5. The Morgan fingerprint density at radius 1 is 1.13 bits per heavy atom. The minimum atomic E-state index is -4.37. The lowest BCUT2D eigenvalue weighted by atomic mass is 10.1. The molecule has 23 heavy (non-hydrogen) atoms. The standard InChI is InChI=1S/C16H15F3N2O2/c1-23-15-7-4-12(10-21-15)9-20-14(22)8-11-2-5-13(6-3-11)16(17,18)19/h2-7,10H,8-9H2,1H3,(H,20,22). The number of benzene rings is 1. The van der Waals surface area contributed by atoms with Gasteiger partial charge in [-0.3, -0.25) is 4.79 Å². The van der Waals surface area contributed by atoms with E-state index in [0.29, 0.717) is 11.4 Å². The van der Waals surface area contributed by atoms with Crippen molar-refractivity contribution < 1.29 is 22.7 Å². The van der Waals surface area contributed by atoms with E-state index in [-0.39, 0.29) is 18.9 Å². The van der Waals surface area contributed by atoms with E-state index in [1.807, 2.05) is 0 Å². The number of methoxy groups -OCH3 is 1. The molecule has 7 heteroatoms. The molecule has 0 radical (unpaired) electrons. The molecule has 0 aliphatic rings. The Hall–Kier alpha value is -2.57. The number of nitrogens with one attached hydrogen (secondary N) is 1. The molecule has 2 rings (SSSR count). The van der Waals surface area contributed by atoms with Gasteiger partial charge < -0.3 is 10.1 Å². The van der Waals surface area contributed by atoms with Crippen molar-refractivity contribution in [1.82, 2.24) is 10.3 Å². The van der Waals surface area contributed by atoms with Crippen LogP contribution < -0.4 is 10.1 Å². The molecule has 0 unspecified atom stereocenters. The highest BCUT2D eigenvalue weighted by molar-refractivity contribution is 5.78. The quantitative estimate of drug-likeness (QED) is 0.920. The van der Waals surface area contributed by atoms with Gasteiger partial charge in [0, 0.05) is 18.8 Å². The number of ether oxygens (including phenoxy) is 1. The van der Waals surface area contributed by atoms with Crippen molar-refractivity contribution in [1.29, 1.82) is 0 Å². The Morgan fingerprint density at radius 3 is 2.30 bits per heavy atom. The summed E-state index contributed by atoms with van der Waals surface area (Å²) in [5.74, 6) is 0.199. The van der Waals surface area contributed by atoms with E-state index in [0.717, 1.165) is 17.7 Å². The van der Waals surface area contributed by atoms with Crippen LogP contribution in [-0.2, 0) is 23.9 Å². The first-order chi connectivity index (χ1) is 10.9. The van der Waals surface area contributed by atoms with E-state index < -0.39 is 11.7 Å². The van der Waals surface area contributed by atoms with Gasteiger partial charge in [0.2, 0.25) is 11.8 Å². The first-order valence-electron chi connectivity index (χ1n) is 6.80. The molecule has 0 aliphatic carbocycles. The summed E-state index contributed by atoms with van der Waals surface area (Å²) in [6, 6.07) is 7.99. The van der Waals surface area contributed by atoms with Crippen molar-refractivity contribution in [3.05, 3.63) is 59.3 Å². The summed E-state index contributed by atoms with van der Waals surface area (Å²) in [6.07, 6.45) is -2.78. The fourth-order valence-corrected chi connectivity index (χ4v) is 1.90. The van der Waals surface area contributed by atoms with Crippen LogP contribution in [0.25, 0.3) is 0 Å². The molecular weight excluding hydrogens is 309 g/mol. The molecule has 0 fully saturated rings. The lowest BCUT2D eigenvalue weighted by Gasteiger charge is -2.08. The van der Waals surface area contributed by atoms with Crippen molar-refractivity contribution >= 4 is 5.91 Å². The molecule has 122 valence electrons. The highest BCUT2D eigenvalue weighted by atomic mass is 19.4. The minimum absolute atomic E-state index is 0.0156. The number of carbonyl (C=O) groups excluding carboxylic acids is 1. The third-order valence-electron chi connectivity index (χ3n) is 3.14. The van der Waals surface area contributed by atoms with Gasteiger partial charge in [-0.05, 0) is 23.3 Å². The molecule has 0 atom stereocenters. The largest absolute Gasteiger partial charge is 0.481 e. The predicted molar refractivity (Wildman–Crippen MR) is 77.8 cm³/mol. The maximum Gasteiger partial charge on any atom is 0.416 e. The second-order valence-corrected chi connectivity index (χ2v) is 4.86. The number of alkyl halides is 3. The van der Waals surface area contributed by atoms with Crippen LogP contribution in [0.3, 0.4) is 0 Å². The highest BCUT2D eigenvalue weighted by Crippen LogP contribution is 2.29. The Kier molecular flexibility index (Phi) is 5.20. The van der Waals surface area contributed by atoms with Crippen LogP contribution >= 0.6 is 0 Å². The predicted octanol–water partition coefficient (Wildman–Crippen LogP) is 2.97. The Balaban J connectivity index is 1.86. The molecule has 1 aromatic heterocycles. The fourth-order valence-electron chi connectivity index (χ4n) is 1.90. The van der Waals surface area contributed by atoms with Crippen LogP contribution in [0.15, 0.2) is 42.6 Å². The minimum Gasteiger partial charge on any atom is -0.481 e. The average Bonchev–Trinajstić information content (AvgIpc) is 2.53. The molecule has 1 amide bonds. The summed E-state index contributed by atoms with van der Waals surface area (Å²) < 4.78 is 42.3. The number of aromatic nitrogens is 1. The smallest absolute Gasteiger partial charge is 0.416 e. The van der Waals surface area contributed by atoms with Crippen molar-refractivity contribution in [3.63, 3.8) is 0 Å². The van der Waals surface area contributed by atoms with Crippen molar-refractivity contribution in [2.24, 2.45) is 0 Å². The molecule has 0 saturated heterocycles. The van der Waals surface area contributed by atoms with Gasteiger partial charge in [-0.2, -0.15) is 13.2 Å². The van der Waals surface area contributed by atoms with Gasteiger partial charge in [0.15, 0.2) is 0 Å². The van der Waals surface area contributed by atoms with E-state index in [9.17, 15) is 18.0 Å². The highest BCUT2D eigenvalue weighted by Gasteiger charge is 2.29. The normalized spacial score (nSPS) is 11.1. The van der Waals surface area contributed by atoms with Gasteiger partial charge in [-0.1, -0.05) is 18.2 Å². The number of rotatable bonds is 5. The molecule has 0 aliphatic heterocycles. The summed E-state index contributed by atoms with van der Waals surface area (Å²) in [5.41, 5.74) is 0.584. The summed E-state index contributed by atoms with van der Waals surface area (Å²) >= 11 is 0. The van der Waals surface area contributed by atoms with E-state index in [4.69, 9.17) is 4.74 Å². The number of hydrogen-bond donors (Lipinski definition) is 1. The van der Waals surface area contributed by atoms with E-state index in [1.165, 1.54) is 19.2 Å². The van der Waals surface area contributed by atoms with Crippen molar-refractivity contribution in [2.75, 3.05) is 7.11 Å². The van der Waals surface area contributed by atoms with Crippen LogP contribution in [-0.4, -0.2) is 18.0 Å². The van der Waals surface area contributed by atoms with Crippen molar-refractivity contribution in [3.8, 4) is 5.88 Å². The van der Waals surface area contributed by atoms with E-state index in [1.54, 1.807) is 18.3 Å². The van der Waals surface area contributed by atoms with Crippen molar-refractivity contribution in [2.45, 2.75) is 19.1 Å². The molecule has 0 spiro atoms. The molecule has 1 N–H and O–H groups in total. The van der Waals surface area contributed by atoms with Crippen LogP contribution in [0.5, 0.6) is 5.88 Å². The molecule has 4 nitrogen and oxygen atoms in total. The second kappa shape index (κ2) is 7.13. The lowest BCUT2D eigenvalue weighted by Crippen LogP contribution is -2.24. The number of hydrogen-bond acceptors (Lipinski definition) is 3. The van der Waals surface area contributed by atoms with E-state index in [2.05, 4.69) is 10.3 Å². The Labute approximate surface area is 131 Å². The second-order valence-electron chi connectivity index (χ2n) is 4.86. The first-order valence-corrected chi connectivity index (χ1v) is 6.80. The van der Waals surface area contributed by atoms with Gasteiger partial charge in [0.25, 0.3) is 0 Å². The van der Waals surface area contributed by atoms with Gasteiger partial charge in [0.1, 0.15) is 0 Å².